The van der Waals surface area contributed by atoms with E-state index >= 15 is 0 Å². The van der Waals surface area contributed by atoms with Crippen LogP contribution in [0.2, 0.25) is 0 Å². The van der Waals surface area contributed by atoms with Gasteiger partial charge in [0, 0.05) is 39.4 Å². The van der Waals surface area contributed by atoms with E-state index in [1.807, 2.05) is 37.3 Å². The summed E-state index contributed by atoms with van der Waals surface area (Å²) >= 11 is 0. The van der Waals surface area contributed by atoms with Gasteiger partial charge in [-0.1, -0.05) is 6.07 Å². The minimum Gasteiger partial charge on any atom is -0.468 e. The summed E-state index contributed by atoms with van der Waals surface area (Å²) in [5, 5.41) is 0.557. The zero-order valence-corrected chi connectivity index (χ0v) is 22.1. The highest BCUT2D eigenvalue weighted by Gasteiger charge is 2.45. The lowest BCUT2D eigenvalue weighted by Crippen LogP contribution is -2.47. The van der Waals surface area contributed by atoms with Crippen molar-refractivity contribution in [2.45, 2.75) is 40.4 Å². The number of aromatic nitrogens is 1. The van der Waals surface area contributed by atoms with Crippen molar-refractivity contribution in [1.29, 1.82) is 0 Å². The maximum atomic E-state index is 13.2. The molecule has 2 amide bonds. The monoisotopic (exact) mass is 516 g/mol. The summed E-state index contributed by atoms with van der Waals surface area (Å²) in [4.78, 5) is 44.8. The molecule has 0 unspecified atom stereocenters. The van der Waals surface area contributed by atoms with Crippen molar-refractivity contribution in [2.75, 3.05) is 29.9 Å². The molecule has 0 aliphatic carbocycles. The van der Waals surface area contributed by atoms with Gasteiger partial charge in [-0.15, -0.1) is 0 Å². The molecule has 198 valence electrons. The van der Waals surface area contributed by atoms with E-state index < -0.39 is 5.41 Å². The Morgan fingerprint density at radius 2 is 1.74 bits per heavy atom. The number of carbonyl (C=O) groups excluding carboxylic acids is 2. The molecule has 0 spiro atoms. The van der Waals surface area contributed by atoms with Crippen LogP contribution in [0, 0.1) is 5.41 Å². The van der Waals surface area contributed by atoms with E-state index in [1.54, 1.807) is 59.9 Å². The molecule has 0 N–H and O–H groups in total. The molecule has 5 rings (SSSR count). The summed E-state index contributed by atoms with van der Waals surface area (Å²) in [5.41, 5.74) is 1.74. The van der Waals surface area contributed by atoms with Crippen LogP contribution in [0.5, 0.6) is 0 Å². The number of pyridine rings is 1. The molecule has 3 aromatic heterocycles. The van der Waals surface area contributed by atoms with Crippen molar-refractivity contribution >= 4 is 34.2 Å². The van der Waals surface area contributed by atoms with Gasteiger partial charge in [-0.2, -0.15) is 0 Å². The number of benzene rings is 1. The number of hydrogen-bond acceptors (Lipinski definition) is 6. The van der Waals surface area contributed by atoms with E-state index in [0.29, 0.717) is 49.4 Å². The Morgan fingerprint density at radius 3 is 2.47 bits per heavy atom. The molecular weight excluding hydrogens is 484 g/mol. The molecule has 0 saturated carbocycles. The van der Waals surface area contributed by atoms with Gasteiger partial charge in [0.2, 0.25) is 11.8 Å². The van der Waals surface area contributed by atoms with Crippen molar-refractivity contribution in [3.05, 3.63) is 82.9 Å². The van der Waals surface area contributed by atoms with Crippen LogP contribution in [0.4, 0.5) is 11.4 Å². The van der Waals surface area contributed by atoms with E-state index in [0.717, 1.165) is 17.0 Å². The highest BCUT2D eigenvalue weighted by atomic mass is 16.3. The van der Waals surface area contributed by atoms with Gasteiger partial charge in [-0.3, -0.25) is 19.3 Å². The van der Waals surface area contributed by atoms with Gasteiger partial charge in [-0.05, 0) is 62.7 Å². The second kappa shape index (κ2) is 9.98. The largest absolute Gasteiger partial charge is 0.468 e. The van der Waals surface area contributed by atoms with Gasteiger partial charge in [0.15, 0.2) is 0 Å². The van der Waals surface area contributed by atoms with E-state index in [1.165, 1.54) is 6.26 Å². The molecule has 4 aromatic rings. The Hall–Kier alpha value is -4.11. The highest BCUT2D eigenvalue weighted by molar-refractivity contribution is 6.19. The lowest BCUT2D eigenvalue weighted by Gasteiger charge is -2.27. The summed E-state index contributed by atoms with van der Waals surface area (Å²) in [6.45, 7) is 7.91. The van der Waals surface area contributed by atoms with Crippen LogP contribution in [0.25, 0.3) is 11.0 Å². The van der Waals surface area contributed by atoms with E-state index in [4.69, 9.17) is 8.83 Å². The molecule has 38 heavy (non-hydrogen) atoms. The van der Waals surface area contributed by atoms with Gasteiger partial charge >= 0.3 is 0 Å². The van der Waals surface area contributed by atoms with Crippen molar-refractivity contribution < 1.29 is 18.4 Å². The topological polar surface area (TPSA) is 92.1 Å². The van der Waals surface area contributed by atoms with Crippen LogP contribution in [0.15, 0.2) is 74.8 Å². The zero-order chi connectivity index (χ0) is 27.0. The summed E-state index contributed by atoms with van der Waals surface area (Å²) in [7, 11) is 1.72. The SMILES string of the molecule is CCN1C(=O)C(C)(C)C(=O)N(C)c2cc(CN(CCn3ccc4occc4c3=O)Cc3ccco3)ccc21. The number of fused-ring (bicyclic) bond motifs is 2. The van der Waals surface area contributed by atoms with E-state index in [9.17, 15) is 14.4 Å². The predicted octanol–water partition coefficient (Wildman–Crippen LogP) is 4.25. The van der Waals surface area contributed by atoms with Crippen LogP contribution in [0.1, 0.15) is 32.1 Å². The number of hydrogen-bond donors (Lipinski definition) is 0. The normalized spacial score (nSPS) is 15.4. The Bertz CT molecular complexity index is 1530. The molecule has 0 bridgehead atoms. The van der Waals surface area contributed by atoms with Crippen molar-refractivity contribution in [2.24, 2.45) is 5.41 Å². The molecule has 1 aliphatic rings. The summed E-state index contributed by atoms with van der Waals surface area (Å²) in [6, 6.07) is 13.1. The number of furan rings is 2. The molecule has 4 heterocycles. The van der Waals surface area contributed by atoms with Gasteiger partial charge in [-0.25, -0.2) is 0 Å². The van der Waals surface area contributed by atoms with Crippen LogP contribution in [-0.2, 0) is 29.2 Å². The number of amides is 2. The molecule has 9 heteroatoms. The fourth-order valence-electron chi connectivity index (χ4n) is 5.07. The lowest BCUT2D eigenvalue weighted by molar-refractivity contribution is -0.137. The first kappa shape index (κ1) is 25.5. The maximum absolute atomic E-state index is 13.2. The minimum absolute atomic E-state index is 0.0914. The van der Waals surface area contributed by atoms with Crippen LogP contribution >= 0.6 is 0 Å². The molecule has 0 atom stereocenters. The van der Waals surface area contributed by atoms with Crippen molar-refractivity contribution in [3.63, 3.8) is 0 Å². The number of anilines is 2. The van der Waals surface area contributed by atoms with E-state index in [-0.39, 0.29) is 17.4 Å². The summed E-state index contributed by atoms with van der Waals surface area (Å²) < 4.78 is 12.6. The predicted molar refractivity (Wildman–Crippen MR) is 145 cm³/mol. The number of carbonyl (C=O) groups is 2. The zero-order valence-electron chi connectivity index (χ0n) is 22.1. The average Bonchev–Trinajstić information content (AvgIpc) is 3.59. The molecule has 9 nitrogen and oxygen atoms in total. The first-order valence-electron chi connectivity index (χ1n) is 12.7. The van der Waals surface area contributed by atoms with Crippen LogP contribution in [0.3, 0.4) is 0 Å². The number of rotatable bonds is 8. The highest BCUT2D eigenvalue weighted by Crippen LogP contribution is 2.39. The molecular formula is C29H32N4O5. The van der Waals surface area contributed by atoms with Crippen molar-refractivity contribution in [1.82, 2.24) is 9.47 Å². The Kier molecular flexibility index (Phi) is 6.71. The molecule has 0 radical (unpaired) electrons. The average molecular weight is 517 g/mol. The Morgan fingerprint density at radius 1 is 0.921 bits per heavy atom. The maximum Gasteiger partial charge on any atom is 0.261 e. The third-order valence-corrected chi connectivity index (χ3v) is 7.24. The van der Waals surface area contributed by atoms with Crippen LogP contribution in [-0.4, -0.2) is 41.4 Å². The fraction of sp³-hybridized carbons (Fsp3) is 0.345. The standard InChI is InChI=1S/C29H32N4O5/c1-5-33-23-9-8-20(17-24(23)30(4)27(35)29(2,3)28(33)36)18-31(19-21-7-6-15-37-21)13-14-32-12-10-25-22(26(32)34)11-16-38-25/h6-12,15-17H,5,13-14,18-19H2,1-4H3. The van der Waals surface area contributed by atoms with E-state index in [2.05, 4.69) is 4.90 Å². The first-order valence-corrected chi connectivity index (χ1v) is 12.7. The smallest absolute Gasteiger partial charge is 0.261 e. The van der Waals surface area contributed by atoms with Crippen LogP contribution < -0.4 is 15.4 Å². The van der Waals surface area contributed by atoms with Crippen molar-refractivity contribution in [3.8, 4) is 0 Å². The lowest BCUT2D eigenvalue weighted by atomic mass is 9.90. The molecule has 0 fully saturated rings. The van der Waals surface area contributed by atoms with Gasteiger partial charge in [0.1, 0.15) is 16.8 Å². The summed E-state index contributed by atoms with van der Waals surface area (Å²) in [5.74, 6) is 0.371. The van der Waals surface area contributed by atoms with Gasteiger partial charge < -0.3 is 23.2 Å². The Labute approximate surface area is 220 Å². The van der Waals surface area contributed by atoms with Gasteiger partial charge in [0.25, 0.3) is 5.56 Å². The second-order valence-corrected chi connectivity index (χ2v) is 10.2. The first-order chi connectivity index (χ1) is 18.2. The quantitative estimate of drug-likeness (QED) is 0.325. The third-order valence-electron chi connectivity index (χ3n) is 7.24. The molecule has 1 aromatic carbocycles. The fourth-order valence-corrected chi connectivity index (χ4v) is 5.07. The molecule has 1 aliphatic heterocycles. The second-order valence-electron chi connectivity index (χ2n) is 10.2. The van der Waals surface area contributed by atoms with Gasteiger partial charge in [0.05, 0.1) is 35.8 Å². The number of nitrogens with zero attached hydrogens (tertiary/aromatic N) is 4. The molecule has 0 saturated heterocycles. The minimum atomic E-state index is -1.15. The third kappa shape index (κ3) is 4.54. The summed E-state index contributed by atoms with van der Waals surface area (Å²) in [6.07, 6.45) is 4.92. The Balaban J connectivity index is 1.43.